The number of fused-ring (bicyclic) bond motifs is 1. The molecular weight excluding hydrogens is 717 g/mol. The molecule has 53 heavy (non-hydrogen) atoms. The second kappa shape index (κ2) is 16.1. The minimum absolute atomic E-state index is 0.0127. The lowest BCUT2D eigenvalue weighted by Gasteiger charge is -2.35. The summed E-state index contributed by atoms with van der Waals surface area (Å²) >= 11 is 1.49. The predicted molar refractivity (Wildman–Crippen MR) is 205 cm³/mol. The van der Waals surface area contributed by atoms with Crippen LogP contribution in [0.5, 0.6) is 11.5 Å². The maximum atomic E-state index is 14.1. The predicted octanol–water partition coefficient (Wildman–Crippen LogP) is 7.91. The summed E-state index contributed by atoms with van der Waals surface area (Å²) in [5.74, 6) is 0.752. The molecule has 1 amide bonds. The number of esters is 1. The zero-order valence-electron chi connectivity index (χ0n) is 31.9. The standard InChI is InChI=1S/C40H50N2O9S2/c1-26(2)23-41(53(45,46)30-20-18-28(47-8)19-21-30)24-33-32(42(40(6,7)50-33)38(44)51-39(3,4)5)22-27-14-16-29(17-15-27)49-25-35-36(37(43)48-9)31-12-10-11-13-34(31)52-35/h10-21,26,32-33H,22-25H2,1-9H3/t32-,33+/m0/s1. The van der Waals surface area contributed by atoms with E-state index in [0.29, 0.717) is 23.5 Å². The van der Waals surface area contributed by atoms with Crippen LogP contribution in [-0.2, 0) is 37.3 Å². The molecule has 3 aromatic carbocycles. The summed E-state index contributed by atoms with van der Waals surface area (Å²) in [6.07, 6.45) is -0.882. The van der Waals surface area contributed by atoms with Gasteiger partial charge in [-0.05, 0) is 95.0 Å². The van der Waals surface area contributed by atoms with E-state index in [1.165, 1.54) is 42.0 Å². The van der Waals surface area contributed by atoms with Crippen molar-refractivity contribution in [3.05, 3.63) is 88.8 Å². The lowest BCUT2D eigenvalue weighted by Crippen LogP contribution is -2.52. The van der Waals surface area contributed by atoms with Crippen molar-refractivity contribution in [1.82, 2.24) is 9.21 Å². The summed E-state index contributed by atoms with van der Waals surface area (Å²) in [5.41, 5.74) is -0.483. The number of amides is 1. The Morgan fingerprint density at radius 3 is 2.21 bits per heavy atom. The largest absolute Gasteiger partial charge is 0.497 e. The third-order valence-corrected chi connectivity index (χ3v) is 11.8. The van der Waals surface area contributed by atoms with Gasteiger partial charge in [-0.2, -0.15) is 4.31 Å². The highest BCUT2D eigenvalue weighted by atomic mass is 32.2. The number of methoxy groups -OCH3 is 2. The van der Waals surface area contributed by atoms with Gasteiger partial charge in [0.05, 0.1) is 41.7 Å². The van der Waals surface area contributed by atoms with E-state index in [0.717, 1.165) is 20.5 Å². The molecule has 0 saturated carbocycles. The van der Waals surface area contributed by atoms with Gasteiger partial charge in [-0.15, -0.1) is 11.3 Å². The van der Waals surface area contributed by atoms with E-state index in [-0.39, 0.29) is 30.5 Å². The Bertz CT molecular complexity index is 2000. The monoisotopic (exact) mass is 766 g/mol. The molecule has 286 valence electrons. The molecule has 1 aliphatic heterocycles. The molecule has 1 saturated heterocycles. The highest BCUT2D eigenvalue weighted by Crippen LogP contribution is 2.37. The third kappa shape index (κ3) is 9.32. The SMILES string of the molecule is COC(=O)c1c(COc2ccc(C[C@H]3[C@@H](CN(CC(C)C)S(=O)(=O)c4ccc(OC)cc4)OC(C)(C)N3C(=O)OC(C)(C)C)cc2)sc2ccccc12. The highest BCUT2D eigenvalue weighted by Gasteiger charge is 2.52. The zero-order chi connectivity index (χ0) is 38.7. The normalized spacial score (nSPS) is 17.4. The molecule has 5 rings (SSSR count). The van der Waals surface area contributed by atoms with E-state index in [4.69, 9.17) is 23.7 Å². The Balaban J connectivity index is 1.42. The number of thiophene rings is 1. The minimum atomic E-state index is -3.94. The first kappa shape index (κ1) is 40.0. The first-order valence-electron chi connectivity index (χ1n) is 17.6. The maximum absolute atomic E-state index is 14.1. The van der Waals surface area contributed by atoms with Gasteiger partial charge < -0.3 is 23.7 Å². The minimum Gasteiger partial charge on any atom is -0.497 e. The number of rotatable bonds is 13. The van der Waals surface area contributed by atoms with Crippen LogP contribution in [0.25, 0.3) is 10.1 Å². The highest BCUT2D eigenvalue weighted by molar-refractivity contribution is 7.89. The van der Waals surface area contributed by atoms with Gasteiger partial charge in [0, 0.05) is 23.2 Å². The number of carbonyl (C=O) groups excluding carboxylic acids is 2. The number of ether oxygens (including phenoxy) is 5. The van der Waals surface area contributed by atoms with Crippen LogP contribution in [0.2, 0.25) is 0 Å². The molecule has 0 bridgehead atoms. The summed E-state index contributed by atoms with van der Waals surface area (Å²) in [5, 5.41) is 0.827. The Hall–Kier alpha value is -4.17. The molecule has 0 N–H and O–H groups in total. The van der Waals surface area contributed by atoms with Gasteiger partial charge >= 0.3 is 12.1 Å². The molecule has 2 heterocycles. The van der Waals surface area contributed by atoms with Gasteiger partial charge in [-0.25, -0.2) is 18.0 Å². The van der Waals surface area contributed by atoms with E-state index in [1.54, 1.807) is 51.7 Å². The van der Waals surface area contributed by atoms with Crippen molar-refractivity contribution in [2.45, 2.75) is 89.9 Å². The maximum Gasteiger partial charge on any atom is 0.412 e. The summed E-state index contributed by atoms with van der Waals surface area (Å²) in [6, 6.07) is 20.9. The second-order valence-corrected chi connectivity index (χ2v) is 18.0. The molecule has 0 spiro atoms. The van der Waals surface area contributed by atoms with Crippen molar-refractivity contribution in [1.29, 1.82) is 0 Å². The first-order chi connectivity index (χ1) is 24.9. The molecular formula is C40H50N2O9S2. The van der Waals surface area contributed by atoms with Crippen LogP contribution in [0.4, 0.5) is 4.79 Å². The zero-order valence-corrected chi connectivity index (χ0v) is 33.5. The van der Waals surface area contributed by atoms with Gasteiger partial charge in [-0.3, -0.25) is 4.90 Å². The van der Waals surface area contributed by atoms with Crippen molar-refractivity contribution < 1.29 is 41.7 Å². The quantitative estimate of drug-likeness (QED) is 0.125. The summed E-state index contributed by atoms with van der Waals surface area (Å²) in [6.45, 7) is 13.4. The smallest absolute Gasteiger partial charge is 0.412 e. The average Bonchev–Trinajstić information content (AvgIpc) is 3.59. The number of hydrogen-bond donors (Lipinski definition) is 0. The molecule has 1 fully saturated rings. The first-order valence-corrected chi connectivity index (χ1v) is 19.8. The van der Waals surface area contributed by atoms with E-state index >= 15 is 0 Å². The van der Waals surface area contributed by atoms with Crippen LogP contribution in [0.3, 0.4) is 0 Å². The molecule has 11 nitrogen and oxygen atoms in total. The Labute approximate surface area is 316 Å². The van der Waals surface area contributed by atoms with E-state index in [1.807, 2.05) is 62.4 Å². The van der Waals surface area contributed by atoms with Crippen LogP contribution < -0.4 is 9.47 Å². The number of benzene rings is 3. The molecule has 0 unspecified atom stereocenters. The molecule has 4 aromatic rings. The van der Waals surface area contributed by atoms with Gasteiger partial charge in [0.25, 0.3) is 0 Å². The fourth-order valence-corrected chi connectivity index (χ4v) is 9.25. The van der Waals surface area contributed by atoms with Crippen molar-refractivity contribution >= 4 is 43.5 Å². The molecule has 1 aliphatic rings. The van der Waals surface area contributed by atoms with E-state index in [2.05, 4.69) is 0 Å². The van der Waals surface area contributed by atoms with Crippen LogP contribution in [0.15, 0.2) is 77.7 Å². The Morgan fingerprint density at radius 2 is 1.60 bits per heavy atom. The summed E-state index contributed by atoms with van der Waals surface area (Å²) < 4.78 is 59.5. The lowest BCUT2D eigenvalue weighted by atomic mass is 9.99. The number of hydrogen-bond acceptors (Lipinski definition) is 10. The van der Waals surface area contributed by atoms with Crippen molar-refractivity contribution in [2.75, 3.05) is 27.3 Å². The summed E-state index contributed by atoms with van der Waals surface area (Å²) in [7, 11) is -1.05. The molecule has 0 aliphatic carbocycles. The lowest BCUT2D eigenvalue weighted by molar-refractivity contribution is -0.0807. The van der Waals surface area contributed by atoms with Gasteiger partial charge in [0.2, 0.25) is 10.0 Å². The van der Waals surface area contributed by atoms with E-state index < -0.39 is 45.6 Å². The van der Waals surface area contributed by atoms with Gasteiger partial charge in [0.15, 0.2) is 0 Å². The number of sulfonamides is 1. The van der Waals surface area contributed by atoms with Gasteiger partial charge in [-0.1, -0.05) is 44.2 Å². The van der Waals surface area contributed by atoms with Crippen molar-refractivity contribution in [3.8, 4) is 11.5 Å². The van der Waals surface area contributed by atoms with Crippen LogP contribution >= 0.6 is 11.3 Å². The average molecular weight is 767 g/mol. The summed E-state index contributed by atoms with van der Waals surface area (Å²) in [4.78, 5) is 29.0. The molecule has 2 atom stereocenters. The van der Waals surface area contributed by atoms with Crippen LogP contribution in [0.1, 0.15) is 69.3 Å². The van der Waals surface area contributed by atoms with Gasteiger partial charge in [0.1, 0.15) is 29.4 Å². The molecule has 1 aromatic heterocycles. The van der Waals surface area contributed by atoms with Crippen LogP contribution in [-0.4, -0.2) is 80.5 Å². The third-order valence-electron chi connectivity index (χ3n) is 8.82. The molecule has 0 radical (unpaired) electrons. The van der Waals surface area contributed by atoms with Crippen LogP contribution in [0, 0.1) is 5.92 Å². The second-order valence-electron chi connectivity index (χ2n) is 14.9. The number of carbonyl (C=O) groups is 2. The number of nitrogens with zero attached hydrogens (tertiary/aromatic N) is 2. The van der Waals surface area contributed by atoms with E-state index in [9.17, 15) is 18.0 Å². The topological polar surface area (TPSA) is 121 Å². The fraction of sp³-hybridized carbons (Fsp3) is 0.450. The van der Waals surface area contributed by atoms with Crippen molar-refractivity contribution in [3.63, 3.8) is 0 Å². The fourth-order valence-electron chi connectivity index (χ4n) is 6.53. The van der Waals surface area contributed by atoms with Crippen molar-refractivity contribution in [2.24, 2.45) is 5.92 Å². The Kier molecular flexibility index (Phi) is 12.1. The Morgan fingerprint density at radius 1 is 0.962 bits per heavy atom. The molecule has 13 heteroatoms.